The van der Waals surface area contributed by atoms with Crippen molar-refractivity contribution in [3.05, 3.63) is 26.7 Å². The van der Waals surface area contributed by atoms with E-state index in [1.54, 1.807) is 13.0 Å². The van der Waals surface area contributed by atoms with E-state index in [0.29, 0.717) is 0 Å². The molecular weight excluding hydrogens is 268 g/mol. The molecule has 0 saturated carbocycles. The van der Waals surface area contributed by atoms with Gasteiger partial charge in [-0.3, -0.25) is 19.6 Å². The number of hydrogen-bond acceptors (Lipinski definition) is 8. The highest BCUT2D eigenvalue weighted by atomic mass is 16.5. The zero-order chi connectivity index (χ0) is 14.7. The Morgan fingerprint density at radius 3 is 2.80 bits per heavy atom. The number of carbonyl (C=O) groups is 1. The molecule has 1 atom stereocenters. The number of esters is 1. The van der Waals surface area contributed by atoms with Gasteiger partial charge in [0.15, 0.2) is 17.0 Å². The lowest BCUT2D eigenvalue weighted by Crippen LogP contribution is -2.25. The predicted molar refractivity (Wildman–Crippen MR) is 63.6 cm³/mol. The van der Waals surface area contributed by atoms with Crippen molar-refractivity contribution in [3.8, 4) is 6.07 Å². The maximum absolute atomic E-state index is 11.6. The van der Waals surface area contributed by atoms with Crippen LogP contribution < -0.4 is 11.2 Å². The normalized spacial score (nSPS) is 11.8. The molecule has 0 radical (unpaired) electrons. The van der Waals surface area contributed by atoms with E-state index in [9.17, 15) is 14.4 Å². The number of rotatable bonds is 3. The molecule has 0 aliphatic heterocycles. The zero-order valence-electron chi connectivity index (χ0n) is 10.2. The van der Waals surface area contributed by atoms with E-state index in [1.807, 2.05) is 4.98 Å². The first-order valence-corrected chi connectivity index (χ1v) is 5.50. The summed E-state index contributed by atoms with van der Waals surface area (Å²) in [5.74, 6) is -2.46. The van der Waals surface area contributed by atoms with Crippen LogP contribution in [0, 0.1) is 11.3 Å². The third-order valence-electron chi connectivity index (χ3n) is 2.29. The quantitative estimate of drug-likeness (QED) is 0.646. The van der Waals surface area contributed by atoms with Crippen LogP contribution in [0.25, 0.3) is 11.2 Å². The molecule has 20 heavy (non-hydrogen) atoms. The first-order chi connectivity index (χ1) is 9.56. The van der Waals surface area contributed by atoms with Crippen molar-refractivity contribution in [2.45, 2.75) is 12.8 Å². The standard InChI is InChI=1S/C10H8N6O4/c1-2-20-9(18)4(3-11)6-12-7-5(15-16-6)8(17)14-10(19)13-7/h4H,2H2,1H3,(H2,12,13,14,16,17,19). The van der Waals surface area contributed by atoms with Gasteiger partial charge in [-0.1, -0.05) is 0 Å². The van der Waals surface area contributed by atoms with Gasteiger partial charge in [-0.15, -0.1) is 10.2 Å². The number of hydrogen-bond donors (Lipinski definition) is 2. The van der Waals surface area contributed by atoms with E-state index in [-0.39, 0.29) is 23.6 Å². The lowest BCUT2D eigenvalue weighted by molar-refractivity contribution is -0.143. The molecule has 0 aromatic carbocycles. The van der Waals surface area contributed by atoms with Gasteiger partial charge < -0.3 is 4.74 Å². The Balaban J connectivity index is 2.56. The summed E-state index contributed by atoms with van der Waals surface area (Å²) in [6.45, 7) is 1.68. The predicted octanol–water partition coefficient (Wildman–Crippen LogP) is -1.43. The van der Waals surface area contributed by atoms with Gasteiger partial charge in [0.1, 0.15) is 0 Å². The Morgan fingerprint density at radius 2 is 2.15 bits per heavy atom. The van der Waals surface area contributed by atoms with Crippen LogP contribution in [0.15, 0.2) is 9.59 Å². The maximum Gasteiger partial charge on any atom is 0.331 e. The van der Waals surface area contributed by atoms with Crippen molar-refractivity contribution in [3.63, 3.8) is 0 Å². The number of nitrogens with zero attached hydrogens (tertiary/aromatic N) is 4. The topological polar surface area (TPSA) is 154 Å². The van der Waals surface area contributed by atoms with Crippen LogP contribution in [0.2, 0.25) is 0 Å². The molecule has 0 aliphatic rings. The molecule has 0 bridgehead atoms. The second-order valence-electron chi connectivity index (χ2n) is 3.59. The SMILES string of the molecule is CCOC(=O)C(C#N)c1nnc2c(=O)[nH]c(=O)[nH]c2n1. The largest absolute Gasteiger partial charge is 0.465 e. The fourth-order valence-electron chi connectivity index (χ4n) is 1.44. The lowest BCUT2D eigenvalue weighted by atomic mass is 10.1. The van der Waals surface area contributed by atoms with Crippen molar-refractivity contribution in [1.82, 2.24) is 25.1 Å². The van der Waals surface area contributed by atoms with Gasteiger partial charge in [-0.05, 0) is 6.92 Å². The molecule has 2 heterocycles. The Hall–Kier alpha value is -3.09. The summed E-state index contributed by atoms with van der Waals surface area (Å²) in [5.41, 5.74) is -1.90. The van der Waals surface area contributed by atoms with Crippen LogP contribution in [-0.2, 0) is 9.53 Å². The molecule has 0 spiro atoms. The molecule has 10 heteroatoms. The number of nitrogens with one attached hydrogen (secondary N) is 2. The molecule has 0 aliphatic carbocycles. The third-order valence-corrected chi connectivity index (χ3v) is 2.29. The van der Waals surface area contributed by atoms with Gasteiger partial charge in [0.2, 0.25) is 5.92 Å². The molecule has 0 amide bonds. The van der Waals surface area contributed by atoms with Gasteiger partial charge in [-0.2, -0.15) is 5.26 Å². The zero-order valence-corrected chi connectivity index (χ0v) is 10.2. The van der Waals surface area contributed by atoms with Gasteiger partial charge in [0.25, 0.3) is 5.56 Å². The first-order valence-electron chi connectivity index (χ1n) is 5.50. The van der Waals surface area contributed by atoms with Gasteiger partial charge in [-0.25, -0.2) is 9.78 Å². The van der Waals surface area contributed by atoms with Crippen LogP contribution in [0.5, 0.6) is 0 Å². The van der Waals surface area contributed by atoms with E-state index in [0.717, 1.165) is 0 Å². The molecular formula is C10H8N6O4. The van der Waals surface area contributed by atoms with Crippen LogP contribution >= 0.6 is 0 Å². The Kier molecular flexibility index (Phi) is 3.52. The fraction of sp³-hybridized carbons (Fsp3) is 0.300. The van der Waals surface area contributed by atoms with Crippen molar-refractivity contribution in [1.29, 1.82) is 5.26 Å². The Bertz CT molecular complexity index is 817. The monoisotopic (exact) mass is 276 g/mol. The highest BCUT2D eigenvalue weighted by Crippen LogP contribution is 2.12. The van der Waals surface area contributed by atoms with Crippen LogP contribution in [0.3, 0.4) is 0 Å². The smallest absolute Gasteiger partial charge is 0.331 e. The summed E-state index contributed by atoms with van der Waals surface area (Å²) in [4.78, 5) is 42.1. The summed E-state index contributed by atoms with van der Waals surface area (Å²) < 4.78 is 4.70. The van der Waals surface area contributed by atoms with Crippen molar-refractivity contribution in [2.75, 3.05) is 6.61 Å². The molecule has 2 aromatic rings. The van der Waals surface area contributed by atoms with Crippen molar-refractivity contribution < 1.29 is 9.53 Å². The molecule has 0 saturated heterocycles. The number of ether oxygens (including phenoxy) is 1. The molecule has 2 rings (SSSR count). The minimum absolute atomic E-state index is 0.0918. The highest BCUT2D eigenvalue weighted by Gasteiger charge is 2.26. The molecule has 2 aromatic heterocycles. The highest BCUT2D eigenvalue weighted by molar-refractivity contribution is 5.80. The minimum Gasteiger partial charge on any atom is -0.465 e. The fourth-order valence-corrected chi connectivity index (χ4v) is 1.44. The van der Waals surface area contributed by atoms with Crippen molar-refractivity contribution >= 4 is 17.1 Å². The van der Waals surface area contributed by atoms with Crippen molar-refractivity contribution in [2.24, 2.45) is 0 Å². The lowest BCUT2D eigenvalue weighted by Gasteiger charge is -2.06. The van der Waals surface area contributed by atoms with Crippen LogP contribution in [-0.4, -0.2) is 37.7 Å². The number of fused-ring (bicyclic) bond motifs is 1. The van der Waals surface area contributed by atoms with Crippen LogP contribution in [0.4, 0.5) is 0 Å². The van der Waals surface area contributed by atoms with Crippen LogP contribution in [0.1, 0.15) is 18.7 Å². The van der Waals surface area contributed by atoms with E-state index < -0.39 is 23.1 Å². The minimum atomic E-state index is -1.38. The first kappa shape index (κ1) is 13.3. The van der Waals surface area contributed by atoms with E-state index in [1.165, 1.54) is 0 Å². The van der Waals surface area contributed by atoms with Gasteiger partial charge >= 0.3 is 11.7 Å². The average molecular weight is 276 g/mol. The van der Waals surface area contributed by atoms with Gasteiger partial charge in [0.05, 0.1) is 12.7 Å². The number of carbonyl (C=O) groups excluding carboxylic acids is 1. The average Bonchev–Trinajstić information content (AvgIpc) is 2.39. The van der Waals surface area contributed by atoms with E-state index in [4.69, 9.17) is 10.00 Å². The Morgan fingerprint density at radius 1 is 1.40 bits per heavy atom. The second-order valence-corrected chi connectivity index (χ2v) is 3.59. The summed E-state index contributed by atoms with van der Waals surface area (Å²) >= 11 is 0. The third kappa shape index (κ3) is 2.37. The summed E-state index contributed by atoms with van der Waals surface area (Å²) in [6.07, 6.45) is 0. The van der Waals surface area contributed by atoms with E-state index >= 15 is 0 Å². The summed E-state index contributed by atoms with van der Waals surface area (Å²) in [6, 6.07) is 1.68. The molecule has 102 valence electrons. The number of H-pyrrole nitrogens is 2. The summed E-state index contributed by atoms with van der Waals surface area (Å²) in [7, 11) is 0. The number of aromatic nitrogens is 5. The Labute approximate surface area is 110 Å². The molecule has 1 unspecified atom stereocenters. The summed E-state index contributed by atoms with van der Waals surface area (Å²) in [5, 5.41) is 16.1. The number of aromatic amines is 2. The van der Waals surface area contributed by atoms with E-state index in [2.05, 4.69) is 20.2 Å². The molecule has 0 fully saturated rings. The van der Waals surface area contributed by atoms with Gasteiger partial charge in [0, 0.05) is 0 Å². The maximum atomic E-state index is 11.6. The molecule has 2 N–H and O–H groups in total. The molecule has 10 nitrogen and oxygen atoms in total. The number of nitriles is 1. The second kappa shape index (κ2) is 5.27.